The molecule has 2 aromatic carbocycles. The number of aryl methyl sites for hydroxylation is 1. The number of esters is 1. The summed E-state index contributed by atoms with van der Waals surface area (Å²) >= 11 is 5.78. The molecule has 0 bridgehead atoms. The predicted molar refractivity (Wildman–Crippen MR) is 90.6 cm³/mol. The van der Waals surface area contributed by atoms with Gasteiger partial charge in [0.05, 0.1) is 16.3 Å². The lowest BCUT2D eigenvalue weighted by atomic mass is 10.1. The van der Waals surface area contributed by atoms with Crippen LogP contribution in [0, 0.1) is 0 Å². The van der Waals surface area contributed by atoms with Gasteiger partial charge < -0.3 is 15.8 Å². The Morgan fingerprint density at radius 1 is 1.17 bits per heavy atom. The standard InChI is InChI=1S/C17H17ClN2O3/c1-2-11-3-6-13(7-4-11)20-16(21)10-23-17(22)12-5-8-14(18)15(19)9-12/h3-9H,2,10,19H2,1H3,(H,20,21). The van der Waals surface area contributed by atoms with Crippen LogP contribution < -0.4 is 11.1 Å². The highest BCUT2D eigenvalue weighted by Gasteiger charge is 2.11. The fourth-order valence-corrected chi connectivity index (χ4v) is 2.02. The van der Waals surface area contributed by atoms with E-state index in [1.54, 1.807) is 12.1 Å². The van der Waals surface area contributed by atoms with Gasteiger partial charge in [-0.3, -0.25) is 4.79 Å². The molecule has 2 rings (SSSR count). The van der Waals surface area contributed by atoms with Crippen LogP contribution in [0.4, 0.5) is 11.4 Å². The topological polar surface area (TPSA) is 81.4 Å². The van der Waals surface area contributed by atoms with Gasteiger partial charge in [-0.1, -0.05) is 30.7 Å². The van der Waals surface area contributed by atoms with Crippen LogP contribution in [0.1, 0.15) is 22.8 Å². The molecule has 0 aliphatic heterocycles. The summed E-state index contributed by atoms with van der Waals surface area (Å²) in [6.45, 7) is 1.67. The predicted octanol–water partition coefficient (Wildman–Crippen LogP) is 3.28. The highest BCUT2D eigenvalue weighted by Crippen LogP contribution is 2.19. The maximum Gasteiger partial charge on any atom is 0.338 e. The van der Waals surface area contributed by atoms with E-state index in [-0.39, 0.29) is 17.9 Å². The highest BCUT2D eigenvalue weighted by atomic mass is 35.5. The third kappa shape index (κ3) is 4.72. The molecule has 0 unspecified atom stereocenters. The molecule has 6 heteroatoms. The van der Waals surface area contributed by atoms with Crippen molar-refractivity contribution >= 4 is 34.9 Å². The molecule has 0 saturated carbocycles. The zero-order valence-corrected chi connectivity index (χ0v) is 13.4. The second kappa shape index (κ2) is 7.65. The van der Waals surface area contributed by atoms with Gasteiger partial charge in [0.1, 0.15) is 0 Å². The first kappa shape index (κ1) is 16.8. The van der Waals surface area contributed by atoms with Crippen LogP contribution in [0.15, 0.2) is 42.5 Å². The summed E-state index contributed by atoms with van der Waals surface area (Å²) in [7, 11) is 0. The molecule has 0 aliphatic rings. The minimum atomic E-state index is -0.634. The first-order valence-electron chi connectivity index (χ1n) is 7.10. The third-order valence-electron chi connectivity index (χ3n) is 3.21. The average molecular weight is 333 g/mol. The molecule has 0 radical (unpaired) electrons. The van der Waals surface area contributed by atoms with Gasteiger partial charge in [0.25, 0.3) is 5.91 Å². The van der Waals surface area contributed by atoms with Gasteiger partial charge in [-0.25, -0.2) is 4.79 Å². The second-order valence-corrected chi connectivity index (χ2v) is 5.32. The minimum Gasteiger partial charge on any atom is -0.452 e. The van der Waals surface area contributed by atoms with Crippen LogP contribution in [0.25, 0.3) is 0 Å². The number of carbonyl (C=O) groups is 2. The van der Waals surface area contributed by atoms with Gasteiger partial charge in [0.15, 0.2) is 6.61 Å². The van der Waals surface area contributed by atoms with E-state index in [1.807, 2.05) is 12.1 Å². The lowest BCUT2D eigenvalue weighted by Gasteiger charge is -2.08. The molecule has 0 spiro atoms. The van der Waals surface area contributed by atoms with Crippen LogP contribution in [0.5, 0.6) is 0 Å². The number of nitrogens with two attached hydrogens (primary N) is 1. The summed E-state index contributed by atoms with van der Waals surface area (Å²) in [4.78, 5) is 23.6. The average Bonchev–Trinajstić information content (AvgIpc) is 2.56. The number of rotatable bonds is 5. The number of amides is 1. The number of hydrogen-bond acceptors (Lipinski definition) is 4. The molecule has 23 heavy (non-hydrogen) atoms. The van der Waals surface area contributed by atoms with Gasteiger partial charge in [0.2, 0.25) is 0 Å². The van der Waals surface area contributed by atoms with Crippen molar-refractivity contribution in [3.05, 3.63) is 58.6 Å². The van der Waals surface area contributed by atoms with E-state index in [2.05, 4.69) is 12.2 Å². The van der Waals surface area contributed by atoms with Crippen molar-refractivity contribution in [1.29, 1.82) is 0 Å². The maximum absolute atomic E-state index is 11.8. The van der Waals surface area contributed by atoms with Crippen LogP contribution in [0.3, 0.4) is 0 Å². The summed E-state index contributed by atoms with van der Waals surface area (Å²) in [5, 5.41) is 3.01. The molecule has 5 nitrogen and oxygen atoms in total. The van der Waals surface area contributed by atoms with E-state index in [0.717, 1.165) is 6.42 Å². The maximum atomic E-state index is 11.8. The van der Waals surface area contributed by atoms with E-state index in [1.165, 1.54) is 23.8 Å². The van der Waals surface area contributed by atoms with Gasteiger partial charge >= 0.3 is 5.97 Å². The molecule has 0 fully saturated rings. The van der Waals surface area contributed by atoms with Crippen molar-refractivity contribution in [2.75, 3.05) is 17.7 Å². The fourth-order valence-electron chi connectivity index (χ4n) is 1.91. The Bertz CT molecular complexity index is 714. The molecule has 2 aromatic rings. The van der Waals surface area contributed by atoms with E-state index in [9.17, 15) is 9.59 Å². The van der Waals surface area contributed by atoms with Crippen LogP contribution in [-0.2, 0) is 16.0 Å². The van der Waals surface area contributed by atoms with Gasteiger partial charge in [-0.15, -0.1) is 0 Å². The minimum absolute atomic E-state index is 0.243. The Morgan fingerprint density at radius 2 is 1.87 bits per heavy atom. The van der Waals surface area contributed by atoms with Gasteiger partial charge in [-0.2, -0.15) is 0 Å². The number of nitrogen functional groups attached to an aromatic ring is 1. The number of anilines is 2. The first-order chi connectivity index (χ1) is 11.0. The van der Waals surface area contributed by atoms with E-state index >= 15 is 0 Å². The summed E-state index contributed by atoms with van der Waals surface area (Å²) in [5.41, 5.74) is 7.97. The summed E-state index contributed by atoms with van der Waals surface area (Å²) < 4.78 is 4.95. The fraction of sp³-hybridized carbons (Fsp3) is 0.176. The van der Waals surface area contributed by atoms with Crippen LogP contribution in [0.2, 0.25) is 5.02 Å². The Hall–Kier alpha value is -2.53. The lowest BCUT2D eigenvalue weighted by molar-refractivity contribution is -0.119. The first-order valence-corrected chi connectivity index (χ1v) is 7.48. The van der Waals surface area contributed by atoms with Crippen molar-refractivity contribution < 1.29 is 14.3 Å². The zero-order chi connectivity index (χ0) is 16.8. The summed E-state index contributed by atoms with van der Waals surface area (Å²) in [6.07, 6.45) is 0.927. The SMILES string of the molecule is CCc1ccc(NC(=O)COC(=O)c2ccc(Cl)c(N)c2)cc1. The van der Waals surface area contributed by atoms with Crippen molar-refractivity contribution in [2.24, 2.45) is 0 Å². The highest BCUT2D eigenvalue weighted by molar-refractivity contribution is 6.33. The quantitative estimate of drug-likeness (QED) is 0.650. The van der Waals surface area contributed by atoms with Crippen LogP contribution in [-0.4, -0.2) is 18.5 Å². The molecule has 0 heterocycles. The van der Waals surface area contributed by atoms with E-state index < -0.39 is 11.9 Å². The smallest absolute Gasteiger partial charge is 0.338 e. The Kier molecular flexibility index (Phi) is 5.60. The number of hydrogen-bond donors (Lipinski definition) is 2. The van der Waals surface area contributed by atoms with Crippen molar-refractivity contribution in [1.82, 2.24) is 0 Å². The molecule has 0 atom stereocenters. The largest absolute Gasteiger partial charge is 0.452 e. The second-order valence-electron chi connectivity index (χ2n) is 4.91. The van der Waals surface area contributed by atoms with E-state index in [4.69, 9.17) is 22.1 Å². The van der Waals surface area contributed by atoms with Crippen LogP contribution >= 0.6 is 11.6 Å². The van der Waals surface area contributed by atoms with Gasteiger partial charge in [0, 0.05) is 5.69 Å². The monoisotopic (exact) mass is 332 g/mol. The van der Waals surface area contributed by atoms with Crippen molar-refractivity contribution in [2.45, 2.75) is 13.3 Å². The van der Waals surface area contributed by atoms with Crippen molar-refractivity contribution in [3.63, 3.8) is 0 Å². The summed E-state index contributed by atoms with van der Waals surface area (Å²) in [5.74, 6) is -1.05. The molecular formula is C17H17ClN2O3. The number of nitrogens with one attached hydrogen (secondary N) is 1. The number of benzene rings is 2. The Morgan fingerprint density at radius 3 is 2.48 bits per heavy atom. The number of ether oxygens (including phenoxy) is 1. The Labute approximate surface area is 139 Å². The molecule has 3 N–H and O–H groups in total. The molecule has 0 saturated heterocycles. The number of halogens is 1. The molecule has 120 valence electrons. The molecule has 0 aliphatic carbocycles. The zero-order valence-electron chi connectivity index (χ0n) is 12.6. The van der Waals surface area contributed by atoms with E-state index in [0.29, 0.717) is 10.7 Å². The number of carbonyl (C=O) groups excluding carboxylic acids is 2. The Balaban J connectivity index is 1.87. The van der Waals surface area contributed by atoms with Gasteiger partial charge in [-0.05, 0) is 42.3 Å². The normalized spacial score (nSPS) is 10.2. The lowest BCUT2D eigenvalue weighted by Crippen LogP contribution is -2.21. The molecular weight excluding hydrogens is 316 g/mol. The third-order valence-corrected chi connectivity index (χ3v) is 3.56. The molecule has 0 aromatic heterocycles. The summed E-state index contributed by atoms with van der Waals surface area (Å²) in [6, 6.07) is 11.9. The molecule has 1 amide bonds. The van der Waals surface area contributed by atoms with Crippen molar-refractivity contribution in [3.8, 4) is 0 Å².